The number of nitrogen functional groups attached to an aromatic ring is 1. The summed E-state index contributed by atoms with van der Waals surface area (Å²) >= 11 is 0. The van der Waals surface area contributed by atoms with Gasteiger partial charge < -0.3 is 5.73 Å². The minimum Gasteiger partial charge on any atom is -0.381 e. The maximum Gasteiger partial charge on any atom is 0.248 e. The summed E-state index contributed by atoms with van der Waals surface area (Å²) in [5.41, 5.74) is 5.38. The number of alkyl halides is 2. The zero-order valence-corrected chi connectivity index (χ0v) is 10.7. The van der Waals surface area contributed by atoms with E-state index in [1.54, 1.807) is 0 Å². The molecule has 0 radical (unpaired) electrons. The lowest BCUT2D eigenvalue weighted by Crippen LogP contribution is -2.41. The quantitative estimate of drug-likeness (QED) is 0.536. The molecule has 19 heavy (non-hydrogen) atoms. The zero-order valence-electron chi connectivity index (χ0n) is 10.7. The van der Waals surface area contributed by atoms with Crippen molar-refractivity contribution >= 4 is 11.7 Å². The van der Waals surface area contributed by atoms with Gasteiger partial charge in [0.1, 0.15) is 5.84 Å². The molecule has 0 aliphatic heterocycles. The van der Waals surface area contributed by atoms with Crippen molar-refractivity contribution in [1.82, 2.24) is 9.55 Å². The van der Waals surface area contributed by atoms with Gasteiger partial charge in [-0.15, -0.1) is 0 Å². The second kappa shape index (κ2) is 4.71. The van der Waals surface area contributed by atoms with Crippen LogP contribution in [0.3, 0.4) is 0 Å². The van der Waals surface area contributed by atoms with Crippen LogP contribution < -0.4 is 11.2 Å². The third-order valence-corrected chi connectivity index (χ3v) is 3.69. The number of hydrogen-bond donors (Lipinski definition) is 3. The second-order valence-corrected chi connectivity index (χ2v) is 5.10. The first-order chi connectivity index (χ1) is 8.82. The van der Waals surface area contributed by atoms with Crippen LogP contribution in [-0.2, 0) is 0 Å². The normalized spacial score (nSPS) is 26.1. The molecule has 1 aromatic rings. The maximum atomic E-state index is 13.5. The molecule has 1 heterocycles. The number of nitrogens with zero attached hydrogens (tertiary/aromatic N) is 2. The van der Waals surface area contributed by atoms with E-state index in [9.17, 15) is 8.78 Å². The molecule has 2 unspecified atom stereocenters. The highest BCUT2D eigenvalue weighted by Gasteiger charge is 2.41. The monoisotopic (exact) mass is 269 g/mol. The van der Waals surface area contributed by atoms with Gasteiger partial charge >= 0.3 is 0 Å². The predicted molar refractivity (Wildman–Crippen MR) is 67.1 cm³/mol. The van der Waals surface area contributed by atoms with E-state index < -0.39 is 11.8 Å². The molecule has 0 spiro atoms. The summed E-state index contributed by atoms with van der Waals surface area (Å²) in [7, 11) is 0. The van der Waals surface area contributed by atoms with Gasteiger partial charge in [0.05, 0.1) is 0 Å². The van der Waals surface area contributed by atoms with Crippen LogP contribution in [0.2, 0.25) is 0 Å². The van der Waals surface area contributed by atoms with Gasteiger partial charge in [-0.05, 0) is 12.3 Å². The van der Waals surface area contributed by atoms with E-state index in [0.29, 0.717) is 6.42 Å². The molecule has 1 fully saturated rings. The number of rotatable bonds is 1. The third kappa shape index (κ3) is 2.64. The molecule has 1 aromatic heterocycles. The van der Waals surface area contributed by atoms with Gasteiger partial charge in [0.15, 0.2) is 11.3 Å². The fourth-order valence-electron chi connectivity index (χ4n) is 2.45. The van der Waals surface area contributed by atoms with Crippen molar-refractivity contribution in [1.29, 1.82) is 10.8 Å². The average Bonchev–Trinajstić information content (AvgIpc) is 2.35. The highest BCUT2D eigenvalue weighted by molar-refractivity contribution is 5.84. The molecular weight excluding hydrogens is 252 g/mol. The first-order valence-electron chi connectivity index (χ1n) is 6.16. The summed E-state index contributed by atoms with van der Waals surface area (Å²) < 4.78 is 28.2. The molecule has 0 amide bonds. The molecule has 0 bridgehead atoms. The summed E-state index contributed by atoms with van der Waals surface area (Å²) in [5, 5.41) is 15.9. The van der Waals surface area contributed by atoms with E-state index in [1.807, 2.05) is 6.92 Å². The van der Waals surface area contributed by atoms with E-state index in [1.165, 1.54) is 17.0 Å². The Morgan fingerprint density at radius 1 is 1.58 bits per heavy atom. The number of aromatic nitrogens is 2. The molecule has 7 heteroatoms. The van der Waals surface area contributed by atoms with Crippen molar-refractivity contribution in [3.05, 3.63) is 17.9 Å². The molecule has 104 valence electrons. The smallest absolute Gasteiger partial charge is 0.248 e. The molecule has 1 aliphatic rings. The highest BCUT2D eigenvalue weighted by Crippen LogP contribution is 2.40. The molecule has 1 aliphatic carbocycles. The van der Waals surface area contributed by atoms with Crippen molar-refractivity contribution < 1.29 is 8.78 Å². The molecule has 1 saturated carbocycles. The Balaban J connectivity index is 2.33. The van der Waals surface area contributed by atoms with E-state index in [-0.39, 0.29) is 35.9 Å². The lowest BCUT2D eigenvalue weighted by molar-refractivity contribution is -0.0555. The number of nitrogens with two attached hydrogens (primary N) is 1. The predicted octanol–water partition coefficient (Wildman–Crippen LogP) is 1.84. The Hall–Kier alpha value is -1.79. The van der Waals surface area contributed by atoms with E-state index in [0.717, 1.165) is 0 Å². The molecule has 0 aromatic carbocycles. The van der Waals surface area contributed by atoms with Crippen LogP contribution in [-0.4, -0.2) is 21.3 Å². The standard InChI is InChI=1S/C12H17F2N5/c1-7-2-3-12(13,14)6-8(7)10(16)19-5-4-18-9(15)11(19)17/h4-5,7-8,16-17H,2-3,6H2,1H3,(H2,15,18). The van der Waals surface area contributed by atoms with E-state index >= 15 is 0 Å². The van der Waals surface area contributed by atoms with Crippen LogP contribution in [0.1, 0.15) is 26.2 Å². The van der Waals surface area contributed by atoms with E-state index in [4.69, 9.17) is 16.6 Å². The first-order valence-corrected chi connectivity index (χ1v) is 6.16. The van der Waals surface area contributed by atoms with Crippen LogP contribution in [0.25, 0.3) is 0 Å². The Morgan fingerprint density at radius 2 is 2.26 bits per heavy atom. The summed E-state index contributed by atoms with van der Waals surface area (Å²) in [5.74, 6) is -3.33. The minimum atomic E-state index is -2.73. The zero-order chi connectivity index (χ0) is 14.2. The van der Waals surface area contributed by atoms with Gasteiger partial charge in [0.25, 0.3) is 0 Å². The topological polar surface area (TPSA) is 91.5 Å². The number of anilines is 1. The Bertz CT molecular complexity index is 551. The van der Waals surface area contributed by atoms with Gasteiger partial charge in [0, 0.05) is 31.2 Å². The fraction of sp³-hybridized carbons (Fsp3) is 0.583. The van der Waals surface area contributed by atoms with Crippen molar-refractivity contribution in [3.63, 3.8) is 0 Å². The summed E-state index contributed by atoms with van der Waals surface area (Å²) in [6.45, 7) is 1.86. The lowest BCUT2D eigenvalue weighted by Gasteiger charge is -2.34. The Kier molecular flexibility index (Phi) is 3.38. The van der Waals surface area contributed by atoms with Crippen LogP contribution in [0, 0.1) is 22.7 Å². The molecule has 4 N–H and O–H groups in total. The van der Waals surface area contributed by atoms with Crippen LogP contribution >= 0.6 is 0 Å². The Morgan fingerprint density at radius 3 is 2.95 bits per heavy atom. The van der Waals surface area contributed by atoms with Gasteiger partial charge in [-0.2, -0.15) is 0 Å². The van der Waals surface area contributed by atoms with Gasteiger partial charge in [-0.3, -0.25) is 15.4 Å². The first kappa shape index (κ1) is 13.6. The van der Waals surface area contributed by atoms with Crippen LogP contribution in [0.15, 0.2) is 12.4 Å². The molecule has 0 saturated heterocycles. The van der Waals surface area contributed by atoms with Crippen LogP contribution in [0.4, 0.5) is 14.6 Å². The second-order valence-electron chi connectivity index (χ2n) is 5.10. The largest absolute Gasteiger partial charge is 0.381 e. The van der Waals surface area contributed by atoms with Crippen molar-refractivity contribution in [2.75, 3.05) is 5.73 Å². The average molecular weight is 269 g/mol. The fourth-order valence-corrected chi connectivity index (χ4v) is 2.45. The summed E-state index contributed by atoms with van der Waals surface area (Å²) in [4.78, 5) is 3.74. The molecular formula is C12H17F2N5. The van der Waals surface area contributed by atoms with Crippen molar-refractivity contribution in [3.8, 4) is 0 Å². The molecule has 2 rings (SSSR count). The molecule has 5 nitrogen and oxygen atoms in total. The lowest BCUT2D eigenvalue weighted by atomic mass is 9.77. The summed E-state index contributed by atoms with van der Waals surface area (Å²) in [6.07, 6.45) is 2.69. The Labute approximate surface area is 109 Å². The van der Waals surface area contributed by atoms with Crippen LogP contribution in [0.5, 0.6) is 0 Å². The maximum absolute atomic E-state index is 13.5. The summed E-state index contributed by atoms with van der Waals surface area (Å²) in [6, 6.07) is 0. The SMILES string of the molecule is CC1CCC(F)(F)CC1C(=N)n1ccnc(N)c1=N. The molecule has 2 atom stereocenters. The van der Waals surface area contributed by atoms with Crippen molar-refractivity contribution in [2.24, 2.45) is 11.8 Å². The number of nitrogens with one attached hydrogen (secondary N) is 2. The van der Waals surface area contributed by atoms with Gasteiger partial charge in [-0.25, -0.2) is 13.8 Å². The number of hydrogen-bond acceptors (Lipinski definition) is 4. The van der Waals surface area contributed by atoms with E-state index in [2.05, 4.69) is 4.98 Å². The van der Waals surface area contributed by atoms with Crippen molar-refractivity contribution in [2.45, 2.75) is 32.1 Å². The highest BCUT2D eigenvalue weighted by atomic mass is 19.3. The minimum absolute atomic E-state index is 0.00610. The number of halogens is 2. The van der Waals surface area contributed by atoms with Gasteiger partial charge in [-0.1, -0.05) is 6.92 Å². The third-order valence-electron chi connectivity index (χ3n) is 3.69. The van der Waals surface area contributed by atoms with Gasteiger partial charge in [0.2, 0.25) is 5.92 Å².